The van der Waals surface area contributed by atoms with Gasteiger partial charge in [-0.15, -0.1) is 0 Å². The summed E-state index contributed by atoms with van der Waals surface area (Å²) in [4.78, 5) is 11.0. The fraction of sp³-hybridized carbons (Fsp3) is 0.417. The van der Waals surface area contributed by atoms with Crippen LogP contribution in [0.2, 0.25) is 0 Å². The molecule has 0 spiro atoms. The number of nitrogens with one attached hydrogen (secondary N) is 1. The van der Waals surface area contributed by atoms with Crippen LogP contribution in [0.5, 0.6) is 0 Å². The predicted molar refractivity (Wildman–Crippen MR) is 60.4 cm³/mol. The van der Waals surface area contributed by atoms with E-state index >= 15 is 0 Å². The van der Waals surface area contributed by atoms with E-state index < -0.39 is 0 Å². The highest BCUT2D eigenvalue weighted by Gasteiger charge is 2.20. The van der Waals surface area contributed by atoms with Crippen molar-refractivity contribution >= 4 is 5.91 Å². The molecule has 1 aliphatic rings. The first-order chi connectivity index (χ1) is 7.81. The number of fused-ring (bicyclic) bond motifs is 1. The van der Waals surface area contributed by atoms with E-state index in [1.807, 2.05) is 12.1 Å². The summed E-state index contributed by atoms with van der Waals surface area (Å²) in [6, 6.07) is 8.23. The number of ether oxygens (including phenoxy) is 1. The number of carbonyl (C=O) groups excluding carboxylic acids is 1. The molecule has 0 fully saturated rings. The lowest BCUT2D eigenvalue weighted by Gasteiger charge is -2.25. The van der Waals surface area contributed by atoms with Crippen LogP contribution in [-0.4, -0.2) is 12.5 Å². The number of nitrogens with two attached hydrogens (primary N) is 1. The maximum absolute atomic E-state index is 11.0. The van der Waals surface area contributed by atoms with Crippen LogP contribution in [0.4, 0.5) is 0 Å². The van der Waals surface area contributed by atoms with Gasteiger partial charge in [-0.2, -0.15) is 0 Å². The average molecular weight is 220 g/mol. The van der Waals surface area contributed by atoms with Crippen LogP contribution in [0, 0.1) is 0 Å². The molecule has 1 aromatic rings. The third-order valence-corrected chi connectivity index (χ3v) is 2.89. The molecule has 4 heteroatoms. The summed E-state index contributed by atoms with van der Waals surface area (Å²) in [5.41, 5.74) is 4.60. The number of hydrogen-bond acceptors (Lipinski definition) is 3. The number of carbonyl (C=O) groups is 1. The van der Waals surface area contributed by atoms with Gasteiger partial charge in [-0.25, -0.2) is 5.84 Å². The Kier molecular flexibility index (Phi) is 3.54. The highest BCUT2D eigenvalue weighted by molar-refractivity contribution is 5.76. The van der Waals surface area contributed by atoms with Crippen LogP contribution in [-0.2, 0) is 16.0 Å². The third-order valence-electron chi connectivity index (χ3n) is 2.89. The molecular formula is C12H16N2O2. The predicted octanol–water partition coefficient (Wildman–Crippen LogP) is 1.07. The number of hydrogen-bond donors (Lipinski definition) is 2. The quantitative estimate of drug-likeness (QED) is 0.455. The zero-order valence-electron chi connectivity index (χ0n) is 9.11. The number of hydrazine groups is 1. The van der Waals surface area contributed by atoms with Gasteiger partial charge in [-0.05, 0) is 30.4 Å². The molecule has 1 unspecified atom stereocenters. The molecule has 86 valence electrons. The molecule has 1 aromatic carbocycles. The monoisotopic (exact) mass is 220 g/mol. The van der Waals surface area contributed by atoms with Crippen molar-refractivity contribution in [2.45, 2.75) is 25.4 Å². The number of rotatable bonds is 3. The minimum Gasteiger partial charge on any atom is -0.364 e. The topological polar surface area (TPSA) is 64.3 Å². The fourth-order valence-corrected chi connectivity index (χ4v) is 2.10. The summed E-state index contributed by atoms with van der Waals surface area (Å²) in [5.74, 6) is 4.71. The van der Waals surface area contributed by atoms with Crippen LogP contribution in [0.15, 0.2) is 24.3 Å². The third kappa shape index (κ3) is 2.40. The molecule has 0 saturated heterocycles. The minimum atomic E-state index is -0.289. The van der Waals surface area contributed by atoms with Gasteiger partial charge in [0.05, 0.1) is 6.10 Å². The van der Waals surface area contributed by atoms with E-state index in [1.165, 1.54) is 11.1 Å². The molecular weight excluding hydrogens is 204 g/mol. The minimum absolute atomic E-state index is 0.0233. The Labute approximate surface area is 94.8 Å². The van der Waals surface area contributed by atoms with Crippen molar-refractivity contribution in [2.24, 2.45) is 5.84 Å². The van der Waals surface area contributed by atoms with Crippen molar-refractivity contribution in [1.82, 2.24) is 5.43 Å². The Bertz CT molecular complexity index is 379. The Morgan fingerprint density at radius 1 is 1.50 bits per heavy atom. The van der Waals surface area contributed by atoms with Crippen molar-refractivity contribution in [1.29, 1.82) is 0 Å². The van der Waals surface area contributed by atoms with E-state index in [2.05, 4.69) is 17.6 Å². The average Bonchev–Trinajstić information content (AvgIpc) is 2.35. The van der Waals surface area contributed by atoms with E-state index in [0.717, 1.165) is 19.3 Å². The van der Waals surface area contributed by atoms with Crippen molar-refractivity contribution in [3.05, 3.63) is 35.4 Å². The van der Waals surface area contributed by atoms with Crippen molar-refractivity contribution in [3.8, 4) is 0 Å². The van der Waals surface area contributed by atoms with Crippen LogP contribution in [0.3, 0.4) is 0 Å². The summed E-state index contributed by atoms with van der Waals surface area (Å²) in [6.45, 7) is 0.0233. The Balaban J connectivity index is 2.04. The Morgan fingerprint density at radius 3 is 3.12 bits per heavy atom. The summed E-state index contributed by atoms with van der Waals surface area (Å²) >= 11 is 0. The van der Waals surface area contributed by atoms with Gasteiger partial charge in [0.2, 0.25) is 0 Å². The summed E-state index contributed by atoms with van der Waals surface area (Å²) < 4.78 is 5.57. The second kappa shape index (κ2) is 5.09. The normalized spacial score (nSPS) is 18.9. The molecule has 1 amide bonds. The van der Waals surface area contributed by atoms with Crippen LogP contribution < -0.4 is 11.3 Å². The van der Waals surface area contributed by atoms with E-state index in [9.17, 15) is 4.79 Å². The molecule has 0 aliphatic heterocycles. The van der Waals surface area contributed by atoms with Gasteiger partial charge in [0, 0.05) is 0 Å². The van der Waals surface area contributed by atoms with Gasteiger partial charge in [-0.3, -0.25) is 10.2 Å². The van der Waals surface area contributed by atoms with Gasteiger partial charge in [-0.1, -0.05) is 24.3 Å². The summed E-state index contributed by atoms with van der Waals surface area (Å²) in [6.07, 6.45) is 3.20. The molecule has 0 saturated carbocycles. The maximum atomic E-state index is 11.0. The zero-order chi connectivity index (χ0) is 11.4. The van der Waals surface area contributed by atoms with Crippen molar-refractivity contribution < 1.29 is 9.53 Å². The molecule has 0 bridgehead atoms. The second-order valence-corrected chi connectivity index (χ2v) is 3.96. The lowest BCUT2D eigenvalue weighted by Crippen LogP contribution is -2.34. The fourth-order valence-electron chi connectivity index (χ4n) is 2.10. The van der Waals surface area contributed by atoms with E-state index in [4.69, 9.17) is 10.6 Å². The number of aryl methyl sites for hydroxylation is 1. The molecule has 1 atom stereocenters. The first-order valence-corrected chi connectivity index (χ1v) is 5.50. The van der Waals surface area contributed by atoms with E-state index in [-0.39, 0.29) is 18.6 Å². The highest BCUT2D eigenvalue weighted by Crippen LogP contribution is 2.31. The van der Waals surface area contributed by atoms with Gasteiger partial charge in [0.15, 0.2) is 0 Å². The summed E-state index contributed by atoms with van der Waals surface area (Å²) in [5, 5.41) is 0. The SMILES string of the molecule is NNC(=O)COC1CCCc2ccccc21. The molecule has 3 N–H and O–H groups in total. The van der Waals surface area contributed by atoms with Gasteiger partial charge >= 0.3 is 0 Å². The largest absolute Gasteiger partial charge is 0.364 e. The molecule has 0 radical (unpaired) electrons. The van der Waals surface area contributed by atoms with Crippen LogP contribution >= 0.6 is 0 Å². The molecule has 1 aliphatic carbocycles. The van der Waals surface area contributed by atoms with Gasteiger partial charge in [0.1, 0.15) is 6.61 Å². The van der Waals surface area contributed by atoms with Crippen LogP contribution in [0.1, 0.15) is 30.1 Å². The maximum Gasteiger partial charge on any atom is 0.259 e. The Morgan fingerprint density at radius 2 is 2.31 bits per heavy atom. The lowest BCUT2D eigenvalue weighted by atomic mass is 9.89. The lowest BCUT2D eigenvalue weighted by molar-refractivity contribution is -0.128. The van der Waals surface area contributed by atoms with Gasteiger partial charge < -0.3 is 4.74 Å². The molecule has 0 heterocycles. The second-order valence-electron chi connectivity index (χ2n) is 3.96. The number of amides is 1. The molecule has 0 aromatic heterocycles. The molecule has 4 nitrogen and oxygen atoms in total. The smallest absolute Gasteiger partial charge is 0.259 e. The summed E-state index contributed by atoms with van der Waals surface area (Å²) in [7, 11) is 0. The van der Waals surface area contributed by atoms with Crippen molar-refractivity contribution in [3.63, 3.8) is 0 Å². The van der Waals surface area contributed by atoms with Gasteiger partial charge in [0.25, 0.3) is 5.91 Å². The highest BCUT2D eigenvalue weighted by atomic mass is 16.5. The van der Waals surface area contributed by atoms with E-state index in [0.29, 0.717) is 0 Å². The van der Waals surface area contributed by atoms with Crippen molar-refractivity contribution in [2.75, 3.05) is 6.61 Å². The number of benzene rings is 1. The first kappa shape index (κ1) is 11.1. The Hall–Kier alpha value is -1.39. The molecule has 2 rings (SSSR count). The van der Waals surface area contributed by atoms with Crippen LogP contribution in [0.25, 0.3) is 0 Å². The zero-order valence-corrected chi connectivity index (χ0v) is 9.11. The standard InChI is InChI=1S/C12H16N2O2/c13-14-12(15)8-16-11-7-3-5-9-4-1-2-6-10(9)11/h1-2,4,6,11H,3,5,7-8,13H2,(H,14,15). The molecule has 16 heavy (non-hydrogen) atoms. The van der Waals surface area contributed by atoms with E-state index in [1.54, 1.807) is 0 Å². The first-order valence-electron chi connectivity index (χ1n) is 5.50.